The topological polar surface area (TPSA) is 73.8 Å². The number of fused-ring (bicyclic) bond motifs is 6. The molecule has 4 saturated heterocycles. The maximum Gasteiger partial charge on any atom is 0.157 e. The number of halogens is 2. The molecule has 1 aromatic heterocycles. The number of aromatic hydroxyl groups is 1. The zero-order chi connectivity index (χ0) is 29.1. The van der Waals surface area contributed by atoms with E-state index in [1.165, 1.54) is 25.0 Å². The number of rotatable bonds is 7. The van der Waals surface area contributed by atoms with Gasteiger partial charge in [-0.3, -0.25) is 4.90 Å². The van der Waals surface area contributed by atoms with Gasteiger partial charge in [-0.15, -0.1) is 0 Å². The van der Waals surface area contributed by atoms with Crippen LogP contribution in [0.2, 0.25) is 0 Å². The summed E-state index contributed by atoms with van der Waals surface area (Å²) in [6.45, 7) is 4.08. The number of aromatic nitrogens is 2. The van der Waals surface area contributed by atoms with Crippen molar-refractivity contribution in [1.29, 1.82) is 0 Å². The first-order valence-corrected chi connectivity index (χ1v) is 15.8. The molecule has 0 aliphatic carbocycles. The van der Waals surface area contributed by atoms with Crippen LogP contribution in [0, 0.1) is 11.6 Å². The minimum absolute atomic E-state index is 0.00247. The molecular formula is C34H37F2N5O2. The lowest BCUT2D eigenvalue weighted by molar-refractivity contribution is -0.0149. The molecular weight excluding hydrogens is 548 g/mol. The molecule has 0 spiro atoms. The maximum atomic E-state index is 16.6. The van der Waals surface area contributed by atoms with Gasteiger partial charge in [0.1, 0.15) is 28.7 Å². The molecule has 2 N–H and O–H groups in total. The maximum absolute atomic E-state index is 16.6. The van der Waals surface area contributed by atoms with Crippen LogP contribution in [0.25, 0.3) is 32.8 Å². The first-order chi connectivity index (χ1) is 21.0. The Hall–Kier alpha value is -3.40. The van der Waals surface area contributed by atoms with E-state index in [0.29, 0.717) is 60.9 Å². The molecule has 4 atom stereocenters. The van der Waals surface area contributed by atoms with E-state index in [1.54, 1.807) is 6.07 Å². The number of piperazine rings is 1. The summed E-state index contributed by atoms with van der Waals surface area (Å²) in [5.41, 5.74) is 0.548. The van der Waals surface area contributed by atoms with Crippen LogP contribution >= 0.6 is 0 Å². The first kappa shape index (κ1) is 27.2. The van der Waals surface area contributed by atoms with Crippen LogP contribution < -0.4 is 10.2 Å². The molecule has 4 aliphatic rings. The fourth-order valence-corrected chi connectivity index (χ4v) is 7.94. The van der Waals surface area contributed by atoms with Crippen molar-refractivity contribution < 1.29 is 18.6 Å². The molecule has 0 radical (unpaired) electrons. The number of phenols is 1. The lowest BCUT2D eigenvalue weighted by Crippen LogP contribution is -2.51. The van der Waals surface area contributed by atoms with Gasteiger partial charge in [0.2, 0.25) is 0 Å². The van der Waals surface area contributed by atoms with Crippen molar-refractivity contribution in [1.82, 2.24) is 20.2 Å². The Morgan fingerprint density at radius 3 is 2.47 bits per heavy atom. The minimum atomic E-state index is -0.583. The summed E-state index contributed by atoms with van der Waals surface area (Å²) in [5.74, 6) is -0.0837. The summed E-state index contributed by atoms with van der Waals surface area (Å²) in [6.07, 6.45) is 7.02. The zero-order valence-corrected chi connectivity index (χ0v) is 24.2. The number of unbranched alkanes of at least 4 members (excludes halogenated alkanes) is 1. The largest absolute Gasteiger partial charge is 0.508 e. The van der Waals surface area contributed by atoms with E-state index in [1.807, 2.05) is 24.3 Å². The third-order valence-corrected chi connectivity index (χ3v) is 10.0. The van der Waals surface area contributed by atoms with Gasteiger partial charge in [0.15, 0.2) is 5.82 Å². The highest BCUT2D eigenvalue weighted by Crippen LogP contribution is 2.40. The molecule has 5 heterocycles. The van der Waals surface area contributed by atoms with E-state index in [-0.39, 0.29) is 22.2 Å². The van der Waals surface area contributed by atoms with E-state index in [0.717, 1.165) is 56.2 Å². The van der Waals surface area contributed by atoms with E-state index in [4.69, 9.17) is 14.7 Å². The summed E-state index contributed by atoms with van der Waals surface area (Å²) in [5, 5.41) is 15.7. The second kappa shape index (κ2) is 10.9. The van der Waals surface area contributed by atoms with Crippen molar-refractivity contribution in [3.05, 3.63) is 59.9 Å². The van der Waals surface area contributed by atoms with Gasteiger partial charge in [-0.25, -0.2) is 18.7 Å². The average Bonchev–Trinajstić information content (AvgIpc) is 3.46. The highest BCUT2D eigenvalue weighted by Gasteiger charge is 2.37. The number of benzene rings is 3. The summed E-state index contributed by atoms with van der Waals surface area (Å²) in [4.78, 5) is 14.3. The van der Waals surface area contributed by atoms with Gasteiger partial charge in [0.05, 0.1) is 18.6 Å². The summed E-state index contributed by atoms with van der Waals surface area (Å²) in [7, 11) is 0. The summed E-state index contributed by atoms with van der Waals surface area (Å²) >= 11 is 0. The van der Waals surface area contributed by atoms with Crippen LogP contribution in [0.3, 0.4) is 0 Å². The van der Waals surface area contributed by atoms with Crippen LogP contribution in [-0.2, 0) is 11.2 Å². The number of nitrogens with zero attached hydrogens (tertiary/aromatic N) is 4. The number of hydrogen-bond donors (Lipinski definition) is 2. The smallest absolute Gasteiger partial charge is 0.157 e. The van der Waals surface area contributed by atoms with Crippen LogP contribution in [0.1, 0.15) is 44.3 Å². The number of aryl methyl sites for hydroxylation is 1. The molecule has 8 rings (SSSR count). The number of nitrogens with one attached hydrogen (secondary N) is 1. The third-order valence-electron chi connectivity index (χ3n) is 10.0. The molecule has 3 aromatic carbocycles. The van der Waals surface area contributed by atoms with Crippen LogP contribution in [0.5, 0.6) is 5.75 Å². The number of phenolic OH excluding ortho intramolecular Hbond substituents is 1. The monoisotopic (exact) mass is 585 g/mol. The average molecular weight is 586 g/mol. The van der Waals surface area contributed by atoms with E-state index in [2.05, 4.69) is 15.1 Å². The van der Waals surface area contributed by atoms with Gasteiger partial charge in [-0.05, 0) is 79.6 Å². The highest BCUT2D eigenvalue weighted by atomic mass is 19.1. The zero-order valence-electron chi connectivity index (χ0n) is 24.2. The van der Waals surface area contributed by atoms with Crippen LogP contribution in [-0.4, -0.2) is 77.0 Å². The van der Waals surface area contributed by atoms with Gasteiger partial charge in [0.25, 0.3) is 0 Å². The number of anilines is 1. The lowest BCUT2D eigenvalue weighted by atomic mass is 9.96. The molecule has 0 amide bonds. The Labute approximate surface area is 249 Å². The molecule has 4 bridgehead atoms. The highest BCUT2D eigenvalue weighted by molar-refractivity contribution is 6.01. The Morgan fingerprint density at radius 1 is 0.907 bits per heavy atom. The van der Waals surface area contributed by atoms with Crippen molar-refractivity contribution in [2.75, 3.05) is 37.7 Å². The van der Waals surface area contributed by atoms with E-state index < -0.39 is 11.6 Å². The predicted molar refractivity (Wildman–Crippen MR) is 163 cm³/mol. The Kier molecular flexibility index (Phi) is 6.92. The normalized spacial score (nSPS) is 25.3. The summed E-state index contributed by atoms with van der Waals surface area (Å²) < 4.78 is 38.6. The lowest BCUT2D eigenvalue weighted by Gasteiger charge is -2.34. The molecule has 4 aromatic rings. The van der Waals surface area contributed by atoms with Gasteiger partial charge in [0, 0.05) is 49.2 Å². The number of morpholine rings is 1. The number of ether oxygens (including phenoxy) is 1. The third kappa shape index (κ3) is 4.91. The molecule has 7 nitrogen and oxygen atoms in total. The van der Waals surface area contributed by atoms with Gasteiger partial charge in [-0.1, -0.05) is 24.3 Å². The van der Waals surface area contributed by atoms with Crippen molar-refractivity contribution in [3.8, 4) is 16.9 Å². The first-order valence-electron chi connectivity index (χ1n) is 15.8. The molecule has 4 unspecified atom stereocenters. The second-order valence-electron chi connectivity index (χ2n) is 12.8. The van der Waals surface area contributed by atoms with Crippen molar-refractivity contribution in [2.24, 2.45) is 0 Å². The van der Waals surface area contributed by atoms with Gasteiger partial charge < -0.3 is 20.1 Å². The predicted octanol–water partition coefficient (Wildman–Crippen LogP) is 5.56. The molecule has 224 valence electrons. The van der Waals surface area contributed by atoms with E-state index >= 15 is 8.78 Å². The van der Waals surface area contributed by atoms with Crippen molar-refractivity contribution in [3.63, 3.8) is 0 Å². The van der Waals surface area contributed by atoms with E-state index in [9.17, 15) is 5.11 Å². The fraction of sp³-hybridized carbons (Fsp3) is 0.471. The molecule has 0 saturated carbocycles. The molecule has 9 heteroatoms. The van der Waals surface area contributed by atoms with Crippen LogP contribution in [0.15, 0.2) is 42.5 Å². The summed E-state index contributed by atoms with van der Waals surface area (Å²) in [6, 6.07) is 13.5. The Morgan fingerprint density at radius 2 is 1.67 bits per heavy atom. The SMILES string of the molecule is Oc1cc(-c2cc(F)c3c(N4CC5CCC(C4)N5)nc(CCCCN4C5CCC4COC5)nc3c2F)c2ccccc2c1. The van der Waals surface area contributed by atoms with Crippen LogP contribution in [0.4, 0.5) is 14.6 Å². The fourth-order valence-electron chi connectivity index (χ4n) is 7.94. The Bertz CT molecular complexity index is 1670. The molecule has 4 fully saturated rings. The Balaban J connectivity index is 1.17. The van der Waals surface area contributed by atoms with Crippen molar-refractivity contribution in [2.45, 2.75) is 69.1 Å². The van der Waals surface area contributed by atoms with Gasteiger partial charge >= 0.3 is 0 Å². The van der Waals surface area contributed by atoms with Gasteiger partial charge in [-0.2, -0.15) is 0 Å². The second-order valence-corrected chi connectivity index (χ2v) is 12.8. The standard InChI is InChI=1S/C34H37F2N5O2/c35-29-15-28(27-14-25(42)13-20-5-1-2-6-26(20)27)32(36)33-31(29)34(40-16-21-8-9-22(17-40)37-21)39-30(38-33)7-3-4-12-41-23-10-11-24(41)19-43-18-23/h1-2,5-6,13-15,21-24,37,42H,3-4,7-12,16-19H2. The molecule has 43 heavy (non-hydrogen) atoms. The molecule has 4 aliphatic heterocycles. The number of hydrogen-bond acceptors (Lipinski definition) is 7. The van der Waals surface area contributed by atoms with Crippen molar-refractivity contribution >= 4 is 27.5 Å². The quantitative estimate of drug-likeness (QED) is 0.275. The minimum Gasteiger partial charge on any atom is -0.508 e.